The van der Waals surface area contributed by atoms with E-state index in [1.807, 2.05) is 0 Å². The SMILES string of the molecule is CCCCCO[C@]1(C(=O)CF)CC[C@H]2[C@@H]3CCC4CCC=C[C@]4(C)[C@H]3CC[C@@]21C. The first-order valence-corrected chi connectivity index (χ1v) is 12.3. The number of hydrogen-bond acceptors (Lipinski definition) is 2. The fourth-order valence-corrected chi connectivity index (χ4v) is 8.30. The molecule has 2 nitrogen and oxygen atoms in total. The molecule has 0 heterocycles. The van der Waals surface area contributed by atoms with E-state index in [2.05, 4.69) is 32.9 Å². The van der Waals surface area contributed by atoms with Crippen LogP contribution in [-0.4, -0.2) is 24.7 Å². The molecule has 4 aliphatic rings. The van der Waals surface area contributed by atoms with Gasteiger partial charge in [0.25, 0.3) is 0 Å². The van der Waals surface area contributed by atoms with Crippen LogP contribution in [0, 0.1) is 34.5 Å². The van der Waals surface area contributed by atoms with Crippen molar-refractivity contribution in [3.8, 4) is 0 Å². The van der Waals surface area contributed by atoms with Crippen molar-refractivity contribution in [1.82, 2.24) is 0 Å². The minimum absolute atomic E-state index is 0.203. The van der Waals surface area contributed by atoms with E-state index in [0.717, 1.165) is 50.9 Å². The van der Waals surface area contributed by atoms with Crippen molar-refractivity contribution in [2.75, 3.05) is 13.3 Å². The van der Waals surface area contributed by atoms with E-state index in [4.69, 9.17) is 4.74 Å². The van der Waals surface area contributed by atoms with Gasteiger partial charge in [-0.3, -0.25) is 4.79 Å². The molecule has 0 aromatic rings. The highest BCUT2D eigenvalue weighted by atomic mass is 19.1. The second-order valence-electron chi connectivity index (χ2n) is 10.9. The zero-order valence-electron chi connectivity index (χ0n) is 18.9. The average Bonchev–Trinajstić information content (AvgIpc) is 3.03. The molecule has 29 heavy (non-hydrogen) atoms. The first kappa shape index (κ1) is 21.5. The van der Waals surface area contributed by atoms with Crippen LogP contribution in [0.4, 0.5) is 4.39 Å². The largest absolute Gasteiger partial charge is 0.367 e. The predicted molar refractivity (Wildman–Crippen MR) is 115 cm³/mol. The van der Waals surface area contributed by atoms with Crippen molar-refractivity contribution in [3.63, 3.8) is 0 Å². The number of rotatable bonds is 7. The standard InChI is InChI=1S/C26H41FO2/c1-4-5-8-17-29-26(23(28)18-27)16-13-22-20-11-10-19-9-6-7-14-24(19,2)21(20)12-15-25(22,26)3/h7,14,19-22H,4-6,8-13,15-18H2,1-3H3/t19?,20-,21+,22+,24+,25+,26+/m1/s1. The highest BCUT2D eigenvalue weighted by molar-refractivity contribution is 5.90. The predicted octanol–water partition coefficient (Wildman–Crippen LogP) is 6.68. The molecule has 0 saturated heterocycles. The lowest BCUT2D eigenvalue weighted by Gasteiger charge is -2.60. The van der Waals surface area contributed by atoms with Crippen molar-refractivity contribution < 1.29 is 13.9 Å². The van der Waals surface area contributed by atoms with Gasteiger partial charge < -0.3 is 4.74 Å². The van der Waals surface area contributed by atoms with Gasteiger partial charge >= 0.3 is 0 Å². The summed E-state index contributed by atoms with van der Waals surface area (Å²) in [5, 5.41) is 0. The van der Waals surface area contributed by atoms with E-state index in [1.165, 1.54) is 25.7 Å². The Hall–Kier alpha value is -0.700. The van der Waals surface area contributed by atoms with Gasteiger partial charge in [0.05, 0.1) is 0 Å². The molecule has 0 bridgehead atoms. The molecule has 1 unspecified atom stereocenters. The fourth-order valence-electron chi connectivity index (χ4n) is 8.30. The van der Waals surface area contributed by atoms with Crippen LogP contribution in [0.25, 0.3) is 0 Å². The third-order valence-corrected chi connectivity index (χ3v) is 9.91. The Morgan fingerprint density at radius 1 is 1.07 bits per heavy atom. The molecule has 164 valence electrons. The van der Waals surface area contributed by atoms with Crippen LogP contribution >= 0.6 is 0 Å². The number of unbranched alkanes of at least 4 members (excludes halogenated alkanes) is 2. The van der Waals surface area contributed by atoms with E-state index >= 15 is 0 Å². The molecule has 0 N–H and O–H groups in total. The van der Waals surface area contributed by atoms with Crippen molar-refractivity contribution in [3.05, 3.63) is 12.2 Å². The van der Waals surface area contributed by atoms with E-state index in [-0.39, 0.29) is 11.2 Å². The van der Waals surface area contributed by atoms with Gasteiger partial charge in [-0.15, -0.1) is 0 Å². The van der Waals surface area contributed by atoms with Crippen LogP contribution in [-0.2, 0) is 9.53 Å². The molecule has 3 heteroatoms. The number of halogens is 1. The first-order valence-electron chi connectivity index (χ1n) is 12.3. The van der Waals surface area contributed by atoms with Gasteiger partial charge in [-0.1, -0.05) is 45.8 Å². The Kier molecular flexibility index (Phi) is 6.01. The Bertz CT molecular complexity index is 645. The van der Waals surface area contributed by atoms with Gasteiger partial charge in [0, 0.05) is 12.0 Å². The van der Waals surface area contributed by atoms with Gasteiger partial charge in [0.15, 0.2) is 12.5 Å². The second-order valence-corrected chi connectivity index (χ2v) is 10.9. The monoisotopic (exact) mass is 404 g/mol. The number of allylic oxidation sites excluding steroid dienone is 2. The summed E-state index contributed by atoms with van der Waals surface area (Å²) in [4.78, 5) is 13.0. The Labute approximate surface area is 177 Å². The summed E-state index contributed by atoms with van der Waals surface area (Å²) < 4.78 is 20.2. The highest BCUT2D eigenvalue weighted by Gasteiger charge is 2.67. The van der Waals surface area contributed by atoms with E-state index < -0.39 is 12.3 Å². The smallest absolute Gasteiger partial charge is 0.196 e. The lowest BCUT2D eigenvalue weighted by molar-refractivity contribution is -0.181. The lowest BCUT2D eigenvalue weighted by Crippen LogP contribution is -2.59. The molecule has 3 fully saturated rings. The Balaban J connectivity index is 1.61. The van der Waals surface area contributed by atoms with E-state index in [0.29, 0.717) is 29.8 Å². The maximum atomic E-state index is 13.8. The number of hydrogen-bond donors (Lipinski definition) is 0. The summed E-state index contributed by atoms with van der Waals surface area (Å²) in [7, 11) is 0. The summed E-state index contributed by atoms with van der Waals surface area (Å²) in [5.41, 5.74) is -0.768. The summed E-state index contributed by atoms with van der Waals surface area (Å²) >= 11 is 0. The minimum atomic E-state index is -0.884. The third kappa shape index (κ3) is 3.17. The third-order valence-electron chi connectivity index (χ3n) is 9.91. The number of carbonyl (C=O) groups excluding carboxylic acids is 1. The van der Waals surface area contributed by atoms with Crippen molar-refractivity contribution >= 4 is 5.78 Å². The van der Waals surface area contributed by atoms with Gasteiger partial charge in [0.2, 0.25) is 0 Å². The summed E-state index contributed by atoms with van der Waals surface area (Å²) in [5.74, 6) is 2.41. The maximum Gasteiger partial charge on any atom is 0.196 e. The molecular weight excluding hydrogens is 363 g/mol. The van der Waals surface area contributed by atoms with Gasteiger partial charge in [0.1, 0.15) is 5.60 Å². The molecule has 7 atom stereocenters. The number of Topliss-reactive ketones (excluding diaryl/α,β-unsaturated/α-hetero) is 1. The van der Waals surface area contributed by atoms with E-state index in [9.17, 15) is 9.18 Å². The van der Waals surface area contributed by atoms with Crippen LogP contribution in [0.5, 0.6) is 0 Å². The van der Waals surface area contributed by atoms with Gasteiger partial charge in [-0.25, -0.2) is 4.39 Å². The molecule has 0 aliphatic heterocycles. The summed E-state index contributed by atoms with van der Waals surface area (Å²) in [6.07, 6.45) is 17.3. The fraction of sp³-hybridized carbons (Fsp3) is 0.885. The minimum Gasteiger partial charge on any atom is -0.367 e. The van der Waals surface area contributed by atoms with Crippen LogP contribution in [0.15, 0.2) is 12.2 Å². The van der Waals surface area contributed by atoms with Crippen LogP contribution in [0.1, 0.15) is 91.4 Å². The van der Waals surface area contributed by atoms with Crippen LogP contribution in [0.3, 0.4) is 0 Å². The Morgan fingerprint density at radius 2 is 1.86 bits per heavy atom. The first-order chi connectivity index (χ1) is 13.9. The molecule has 0 aromatic carbocycles. The molecule has 0 aromatic heterocycles. The normalized spacial score (nSPS) is 46.1. The average molecular weight is 405 g/mol. The Morgan fingerprint density at radius 3 is 2.62 bits per heavy atom. The van der Waals surface area contributed by atoms with Crippen molar-refractivity contribution in [2.24, 2.45) is 34.5 Å². The van der Waals surface area contributed by atoms with Crippen molar-refractivity contribution in [1.29, 1.82) is 0 Å². The lowest BCUT2D eigenvalue weighted by atomic mass is 9.45. The molecule has 4 aliphatic carbocycles. The molecular formula is C26H41FO2. The topological polar surface area (TPSA) is 26.3 Å². The number of ether oxygens (including phenoxy) is 1. The molecule has 0 radical (unpaired) electrons. The number of alkyl halides is 1. The zero-order valence-corrected chi connectivity index (χ0v) is 18.9. The van der Waals surface area contributed by atoms with Crippen LogP contribution < -0.4 is 0 Å². The second kappa shape index (κ2) is 8.09. The van der Waals surface area contributed by atoms with Crippen LogP contribution in [0.2, 0.25) is 0 Å². The van der Waals surface area contributed by atoms with Crippen molar-refractivity contribution in [2.45, 2.75) is 97.0 Å². The molecule has 0 amide bonds. The quantitative estimate of drug-likeness (QED) is 0.349. The molecule has 0 spiro atoms. The molecule has 4 rings (SSSR count). The summed E-state index contributed by atoms with van der Waals surface area (Å²) in [6, 6.07) is 0. The maximum absolute atomic E-state index is 13.8. The molecule has 3 saturated carbocycles. The van der Waals surface area contributed by atoms with E-state index in [1.54, 1.807) is 0 Å². The number of fused-ring (bicyclic) bond motifs is 5. The van der Waals surface area contributed by atoms with Gasteiger partial charge in [-0.05, 0) is 86.9 Å². The number of ketones is 1. The highest BCUT2D eigenvalue weighted by Crippen LogP contribution is 2.68. The number of carbonyl (C=O) groups is 1. The van der Waals surface area contributed by atoms with Gasteiger partial charge in [-0.2, -0.15) is 0 Å². The zero-order chi connectivity index (χ0) is 20.7. The summed E-state index contributed by atoms with van der Waals surface area (Å²) in [6.45, 7) is 6.67.